The third-order valence-electron chi connectivity index (χ3n) is 6.23. The number of anilines is 1. The SMILES string of the molecule is CC1OC2(CCN(CCc3cccc(CC(N)=O)n3)CC2)CN(c2ccccc2)C1=O. The Labute approximate surface area is 183 Å². The zero-order valence-electron chi connectivity index (χ0n) is 18.0. The van der Waals surface area contributed by atoms with Crippen molar-refractivity contribution in [2.24, 2.45) is 5.73 Å². The summed E-state index contributed by atoms with van der Waals surface area (Å²) in [6.45, 7) is 5.20. The quantitative estimate of drug-likeness (QED) is 0.769. The molecule has 0 aliphatic carbocycles. The Morgan fingerprint density at radius 1 is 1.13 bits per heavy atom. The van der Waals surface area contributed by atoms with Crippen LogP contribution in [0.1, 0.15) is 31.2 Å². The predicted molar refractivity (Wildman–Crippen MR) is 119 cm³/mol. The fourth-order valence-electron chi connectivity index (χ4n) is 4.55. The Morgan fingerprint density at radius 3 is 2.55 bits per heavy atom. The zero-order valence-corrected chi connectivity index (χ0v) is 18.0. The maximum absolute atomic E-state index is 12.7. The Bertz CT molecular complexity index is 925. The molecule has 1 spiro atoms. The van der Waals surface area contributed by atoms with Crippen LogP contribution in [0.2, 0.25) is 0 Å². The largest absolute Gasteiger partial charge is 0.369 e. The first-order valence-corrected chi connectivity index (χ1v) is 10.9. The molecule has 7 heteroatoms. The van der Waals surface area contributed by atoms with Gasteiger partial charge in [-0.05, 0) is 44.0 Å². The number of aromatic nitrogens is 1. The molecule has 2 aliphatic heterocycles. The molecule has 1 aromatic heterocycles. The number of amides is 2. The molecule has 0 saturated carbocycles. The first-order chi connectivity index (χ1) is 14.9. The van der Waals surface area contributed by atoms with E-state index >= 15 is 0 Å². The molecule has 164 valence electrons. The number of hydrogen-bond donors (Lipinski definition) is 1. The van der Waals surface area contributed by atoms with Crippen molar-refractivity contribution in [2.45, 2.75) is 44.3 Å². The van der Waals surface area contributed by atoms with E-state index in [4.69, 9.17) is 10.5 Å². The van der Waals surface area contributed by atoms with Crippen molar-refractivity contribution >= 4 is 17.5 Å². The number of benzene rings is 1. The first-order valence-electron chi connectivity index (χ1n) is 10.9. The molecule has 31 heavy (non-hydrogen) atoms. The number of ether oxygens (including phenoxy) is 1. The van der Waals surface area contributed by atoms with E-state index in [0.717, 1.165) is 56.0 Å². The van der Waals surface area contributed by atoms with Crippen LogP contribution in [0.4, 0.5) is 5.69 Å². The number of carbonyl (C=O) groups excluding carboxylic acids is 2. The number of hydrogen-bond acceptors (Lipinski definition) is 5. The Morgan fingerprint density at radius 2 is 1.84 bits per heavy atom. The van der Waals surface area contributed by atoms with Crippen LogP contribution in [-0.2, 0) is 27.2 Å². The molecule has 4 rings (SSSR count). The summed E-state index contributed by atoms with van der Waals surface area (Å²) in [5.41, 5.74) is 7.61. The van der Waals surface area contributed by atoms with Gasteiger partial charge in [-0.3, -0.25) is 14.6 Å². The van der Waals surface area contributed by atoms with Gasteiger partial charge in [-0.25, -0.2) is 0 Å². The lowest BCUT2D eigenvalue weighted by atomic mass is 9.88. The average Bonchev–Trinajstić information content (AvgIpc) is 2.76. The van der Waals surface area contributed by atoms with Crippen LogP contribution >= 0.6 is 0 Å². The van der Waals surface area contributed by atoms with Crippen LogP contribution in [0.3, 0.4) is 0 Å². The van der Waals surface area contributed by atoms with Gasteiger partial charge in [-0.15, -0.1) is 0 Å². The number of morpholine rings is 1. The smallest absolute Gasteiger partial charge is 0.255 e. The summed E-state index contributed by atoms with van der Waals surface area (Å²) in [4.78, 5) is 32.7. The molecule has 1 unspecified atom stereocenters. The molecular formula is C24H30N4O3. The number of nitrogens with zero attached hydrogens (tertiary/aromatic N) is 3. The highest BCUT2D eigenvalue weighted by molar-refractivity contribution is 5.97. The van der Waals surface area contributed by atoms with Gasteiger partial charge in [-0.1, -0.05) is 24.3 Å². The molecule has 7 nitrogen and oxygen atoms in total. The fraction of sp³-hybridized carbons (Fsp3) is 0.458. The summed E-state index contributed by atoms with van der Waals surface area (Å²) in [6.07, 6.45) is 2.35. The molecule has 2 N–H and O–H groups in total. The number of rotatable bonds is 6. The zero-order chi connectivity index (χ0) is 21.8. The molecule has 1 aromatic carbocycles. The highest BCUT2D eigenvalue weighted by Crippen LogP contribution is 2.35. The average molecular weight is 423 g/mol. The summed E-state index contributed by atoms with van der Waals surface area (Å²) in [6, 6.07) is 15.6. The maximum atomic E-state index is 12.7. The Balaban J connectivity index is 1.34. The third-order valence-corrected chi connectivity index (χ3v) is 6.23. The molecule has 2 amide bonds. The van der Waals surface area contributed by atoms with Crippen LogP contribution < -0.4 is 10.6 Å². The van der Waals surface area contributed by atoms with Gasteiger partial charge < -0.3 is 20.3 Å². The summed E-state index contributed by atoms with van der Waals surface area (Å²) in [7, 11) is 0. The van der Waals surface area contributed by atoms with E-state index in [1.165, 1.54) is 0 Å². The van der Waals surface area contributed by atoms with Crippen molar-refractivity contribution in [3.63, 3.8) is 0 Å². The lowest BCUT2D eigenvalue weighted by molar-refractivity contribution is -0.161. The number of piperidine rings is 1. The van der Waals surface area contributed by atoms with Gasteiger partial charge >= 0.3 is 0 Å². The van der Waals surface area contributed by atoms with Crippen LogP contribution in [0.15, 0.2) is 48.5 Å². The van der Waals surface area contributed by atoms with Gasteiger partial charge in [-0.2, -0.15) is 0 Å². The Kier molecular flexibility index (Phi) is 6.34. The van der Waals surface area contributed by atoms with E-state index in [2.05, 4.69) is 9.88 Å². The second kappa shape index (κ2) is 9.16. The van der Waals surface area contributed by atoms with Crippen molar-refractivity contribution in [1.29, 1.82) is 0 Å². The van der Waals surface area contributed by atoms with Gasteiger partial charge in [0.1, 0.15) is 6.10 Å². The van der Waals surface area contributed by atoms with Crippen LogP contribution in [0.5, 0.6) is 0 Å². The molecule has 0 bridgehead atoms. The molecule has 2 fully saturated rings. The highest BCUT2D eigenvalue weighted by atomic mass is 16.5. The second-order valence-corrected chi connectivity index (χ2v) is 8.56. The minimum atomic E-state index is -0.433. The number of carbonyl (C=O) groups is 2. The van der Waals surface area contributed by atoms with Crippen LogP contribution in [0, 0.1) is 0 Å². The standard InChI is InChI=1S/C24H30N4O3/c1-18-23(30)28(21-8-3-2-4-9-21)17-24(31-18)11-14-27(15-12-24)13-10-19-6-5-7-20(26-19)16-22(25)29/h2-9,18H,10-17H2,1H3,(H2,25,29). The topological polar surface area (TPSA) is 88.8 Å². The van der Waals surface area contributed by atoms with Crippen LogP contribution in [0.25, 0.3) is 0 Å². The molecule has 2 aromatic rings. The maximum Gasteiger partial charge on any atom is 0.255 e. The summed E-state index contributed by atoms with van der Waals surface area (Å²) in [5.74, 6) is -0.336. The van der Waals surface area contributed by atoms with Gasteiger partial charge in [0, 0.05) is 43.1 Å². The van der Waals surface area contributed by atoms with Crippen molar-refractivity contribution in [2.75, 3.05) is 31.1 Å². The lowest BCUT2D eigenvalue weighted by Crippen LogP contribution is -2.61. The molecule has 0 radical (unpaired) electrons. The van der Waals surface area contributed by atoms with Crippen molar-refractivity contribution in [1.82, 2.24) is 9.88 Å². The van der Waals surface area contributed by atoms with E-state index in [-0.39, 0.29) is 23.8 Å². The highest BCUT2D eigenvalue weighted by Gasteiger charge is 2.45. The molecule has 2 saturated heterocycles. The van der Waals surface area contributed by atoms with Crippen molar-refractivity contribution in [3.05, 3.63) is 59.9 Å². The molecular weight excluding hydrogens is 392 g/mol. The second-order valence-electron chi connectivity index (χ2n) is 8.56. The number of pyridine rings is 1. The lowest BCUT2D eigenvalue weighted by Gasteiger charge is -2.49. The van der Waals surface area contributed by atoms with Gasteiger partial charge in [0.05, 0.1) is 18.6 Å². The van der Waals surface area contributed by atoms with Gasteiger partial charge in [0.2, 0.25) is 5.91 Å². The van der Waals surface area contributed by atoms with Crippen LogP contribution in [-0.4, -0.2) is 59.6 Å². The van der Waals surface area contributed by atoms with E-state index in [1.54, 1.807) is 0 Å². The van der Waals surface area contributed by atoms with E-state index in [9.17, 15) is 9.59 Å². The summed E-state index contributed by atoms with van der Waals surface area (Å²) >= 11 is 0. The minimum Gasteiger partial charge on any atom is -0.369 e. The van der Waals surface area contributed by atoms with E-state index < -0.39 is 6.10 Å². The number of nitrogens with two attached hydrogens (primary N) is 1. The van der Waals surface area contributed by atoms with Gasteiger partial charge in [0.15, 0.2) is 0 Å². The number of primary amides is 1. The predicted octanol–water partition coefficient (Wildman–Crippen LogP) is 1.94. The number of likely N-dealkylation sites (tertiary alicyclic amines) is 1. The summed E-state index contributed by atoms with van der Waals surface area (Å²) in [5, 5.41) is 0. The fourth-order valence-corrected chi connectivity index (χ4v) is 4.55. The summed E-state index contributed by atoms with van der Waals surface area (Å²) < 4.78 is 6.27. The monoisotopic (exact) mass is 422 g/mol. The molecule has 1 atom stereocenters. The molecule has 3 heterocycles. The Hall–Kier alpha value is -2.77. The van der Waals surface area contributed by atoms with Gasteiger partial charge in [0.25, 0.3) is 5.91 Å². The van der Waals surface area contributed by atoms with E-state index in [1.807, 2.05) is 60.4 Å². The first kappa shape index (κ1) is 21.5. The number of para-hydroxylation sites is 1. The minimum absolute atomic E-state index is 0.0289. The van der Waals surface area contributed by atoms with Crippen molar-refractivity contribution in [3.8, 4) is 0 Å². The molecule has 2 aliphatic rings. The third kappa shape index (κ3) is 5.11. The van der Waals surface area contributed by atoms with Crippen molar-refractivity contribution < 1.29 is 14.3 Å². The normalized spacial score (nSPS) is 21.4. The van der Waals surface area contributed by atoms with E-state index in [0.29, 0.717) is 6.54 Å².